The molecule has 0 amide bonds. The molecule has 0 unspecified atom stereocenters. The highest BCUT2D eigenvalue weighted by atomic mass is 35.5. The van der Waals surface area contributed by atoms with Gasteiger partial charge in [0, 0.05) is 17.4 Å². The molecule has 0 saturated carbocycles. The summed E-state index contributed by atoms with van der Waals surface area (Å²) in [5.74, 6) is 2.05. The van der Waals surface area contributed by atoms with E-state index in [4.69, 9.17) is 11.6 Å². The van der Waals surface area contributed by atoms with Gasteiger partial charge >= 0.3 is 0 Å². The molecule has 0 saturated heterocycles. The fraction of sp³-hybridized carbons (Fsp3) is 0.333. The number of hydrogen-bond donors (Lipinski definition) is 1. The van der Waals surface area contributed by atoms with Crippen molar-refractivity contribution in [2.45, 2.75) is 26.2 Å². The van der Waals surface area contributed by atoms with Crippen LogP contribution in [-0.4, -0.2) is 15.2 Å². The molecule has 0 atom stereocenters. The lowest BCUT2D eigenvalue weighted by Crippen LogP contribution is -1.93. The Bertz CT molecular complexity index is 477. The van der Waals surface area contributed by atoms with Crippen molar-refractivity contribution < 1.29 is 0 Å². The lowest BCUT2D eigenvalue weighted by atomic mass is 10.1. The normalized spacial score (nSPS) is 11.0. The second-order valence-electron chi connectivity index (χ2n) is 4.06. The molecule has 0 bridgehead atoms. The number of aromatic nitrogens is 3. The quantitative estimate of drug-likeness (QED) is 0.888. The Hall–Kier alpha value is -1.35. The van der Waals surface area contributed by atoms with Crippen molar-refractivity contribution in [3.8, 4) is 0 Å². The van der Waals surface area contributed by atoms with Gasteiger partial charge in [0.15, 0.2) is 5.82 Å². The van der Waals surface area contributed by atoms with Crippen LogP contribution in [-0.2, 0) is 6.42 Å². The Labute approximate surface area is 99.9 Å². The molecular formula is C12H14ClN3. The van der Waals surface area contributed by atoms with Gasteiger partial charge in [0.05, 0.1) is 0 Å². The number of benzene rings is 1. The van der Waals surface area contributed by atoms with E-state index in [-0.39, 0.29) is 0 Å². The molecule has 0 aliphatic carbocycles. The molecule has 4 heteroatoms. The summed E-state index contributed by atoms with van der Waals surface area (Å²) < 4.78 is 0. The minimum atomic E-state index is 0.344. The number of halogens is 1. The summed E-state index contributed by atoms with van der Waals surface area (Å²) in [6.07, 6.45) is 0.694. The second kappa shape index (κ2) is 4.66. The molecule has 1 N–H and O–H groups in total. The van der Waals surface area contributed by atoms with Gasteiger partial charge < -0.3 is 0 Å². The predicted octanol–water partition coefficient (Wildman–Crippen LogP) is 3.17. The lowest BCUT2D eigenvalue weighted by Gasteiger charge is -2.00. The number of nitrogens with one attached hydrogen (secondary N) is 1. The molecule has 0 fully saturated rings. The highest BCUT2D eigenvalue weighted by Gasteiger charge is 2.08. The van der Waals surface area contributed by atoms with Crippen LogP contribution in [0, 0.1) is 0 Å². The molecule has 0 aliphatic heterocycles. The maximum absolute atomic E-state index is 6.08. The van der Waals surface area contributed by atoms with Gasteiger partial charge in [0.25, 0.3) is 0 Å². The molecule has 1 heterocycles. The first-order valence-electron chi connectivity index (χ1n) is 5.31. The Balaban J connectivity index is 2.18. The highest BCUT2D eigenvalue weighted by Crippen LogP contribution is 2.18. The molecule has 2 aromatic rings. The van der Waals surface area contributed by atoms with E-state index in [2.05, 4.69) is 29.0 Å². The summed E-state index contributed by atoms with van der Waals surface area (Å²) in [4.78, 5) is 4.42. The summed E-state index contributed by atoms with van der Waals surface area (Å²) >= 11 is 6.08. The standard InChI is InChI=1S/C12H14ClN3/c1-8(2)12-14-11(15-16-12)7-9-5-3-4-6-10(9)13/h3-6,8H,7H2,1-2H3,(H,14,15,16). The van der Waals surface area contributed by atoms with Crippen molar-refractivity contribution in [2.24, 2.45) is 0 Å². The third kappa shape index (κ3) is 2.42. The van der Waals surface area contributed by atoms with Crippen LogP contribution in [0.25, 0.3) is 0 Å². The van der Waals surface area contributed by atoms with Crippen LogP contribution in [0.5, 0.6) is 0 Å². The first-order chi connectivity index (χ1) is 7.66. The molecular weight excluding hydrogens is 222 g/mol. The van der Waals surface area contributed by atoms with Gasteiger partial charge in [-0.2, -0.15) is 5.10 Å². The summed E-state index contributed by atoms with van der Waals surface area (Å²) in [5.41, 5.74) is 1.07. The topological polar surface area (TPSA) is 41.6 Å². The van der Waals surface area contributed by atoms with E-state index in [1.165, 1.54) is 0 Å². The molecule has 16 heavy (non-hydrogen) atoms. The van der Waals surface area contributed by atoms with Crippen molar-refractivity contribution in [3.05, 3.63) is 46.5 Å². The maximum Gasteiger partial charge on any atom is 0.153 e. The first kappa shape index (κ1) is 11.1. The molecule has 0 spiro atoms. The molecule has 1 aromatic carbocycles. The zero-order chi connectivity index (χ0) is 11.5. The van der Waals surface area contributed by atoms with Gasteiger partial charge in [-0.3, -0.25) is 5.10 Å². The lowest BCUT2D eigenvalue weighted by molar-refractivity contribution is 0.780. The summed E-state index contributed by atoms with van der Waals surface area (Å²) in [5, 5.41) is 7.87. The predicted molar refractivity (Wildman–Crippen MR) is 64.7 cm³/mol. The Morgan fingerprint density at radius 3 is 2.69 bits per heavy atom. The van der Waals surface area contributed by atoms with Crippen LogP contribution in [0.1, 0.15) is 37.0 Å². The van der Waals surface area contributed by atoms with Gasteiger partial charge in [0.1, 0.15) is 5.82 Å². The van der Waals surface area contributed by atoms with Crippen LogP contribution in [0.15, 0.2) is 24.3 Å². The van der Waals surface area contributed by atoms with Crippen LogP contribution >= 0.6 is 11.6 Å². The van der Waals surface area contributed by atoms with E-state index in [1.54, 1.807) is 0 Å². The van der Waals surface area contributed by atoms with Gasteiger partial charge in [-0.05, 0) is 11.6 Å². The molecule has 2 rings (SSSR count). The maximum atomic E-state index is 6.08. The highest BCUT2D eigenvalue weighted by molar-refractivity contribution is 6.31. The van der Waals surface area contributed by atoms with Crippen LogP contribution in [0.2, 0.25) is 5.02 Å². The van der Waals surface area contributed by atoms with Crippen LogP contribution in [0.4, 0.5) is 0 Å². The van der Waals surface area contributed by atoms with Gasteiger partial charge in [0.2, 0.25) is 0 Å². The average Bonchev–Trinajstić information content (AvgIpc) is 2.70. The van der Waals surface area contributed by atoms with Crippen molar-refractivity contribution in [2.75, 3.05) is 0 Å². The smallest absolute Gasteiger partial charge is 0.153 e. The number of rotatable bonds is 3. The number of H-pyrrole nitrogens is 1. The molecule has 1 aromatic heterocycles. The summed E-state index contributed by atoms with van der Waals surface area (Å²) in [7, 11) is 0. The average molecular weight is 236 g/mol. The Morgan fingerprint density at radius 1 is 1.31 bits per heavy atom. The van der Waals surface area contributed by atoms with E-state index in [9.17, 15) is 0 Å². The third-order valence-electron chi connectivity index (χ3n) is 2.38. The zero-order valence-corrected chi connectivity index (χ0v) is 10.1. The van der Waals surface area contributed by atoms with Gasteiger partial charge in [-0.15, -0.1) is 0 Å². The fourth-order valence-electron chi connectivity index (χ4n) is 1.47. The van der Waals surface area contributed by atoms with E-state index in [0.717, 1.165) is 22.2 Å². The van der Waals surface area contributed by atoms with Crippen molar-refractivity contribution in [1.82, 2.24) is 15.2 Å². The largest absolute Gasteiger partial charge is 0.263 e. The van der Waals surface area contributed by atoms with Gasteiger partial charge in [-0.25, -0.2) is 4.98 Å². The van der Waals surface area contributed by atoms with Crippen molar-refractivity contribution >= 4 is 11.6 Å². The number of nitrogens with zero attached hydrogens (tertiary/aromatic N) is 2. The van der Waals surface area contributed by atoms with Gasteiger partial charge in [-0.1, -0.05) is 43.6 Å². The monoisotopic (exact) mass is 235 g/mol. The van der Waals surface area contributed by atoms with E-state index >= 15 is 0 Å². The van der Waals surface area contributed by atoms with Crippen molar-refractivity contribution in [1.29, 1.82) is 0 Å². The first-order valence-corrected chi connectivity index (χ1v) is 5.69. The van der Waals surface area contributed by atoms with Crippen LogP contribution in [0.3, 0.4) is 0 Å². The SMILES string of the molecule is CC(C)c1n[nH]c(Cc2ccccc2Cl)n1. The molecule has 0 aliphatic rings. The Kier molecular flexibility index (Phi) is 3.25. The van der Waals surface area contributed by atoms with Crippen molar-refractivity contribution in [3.63, 3.8) is 0 Å². The van der Waals surface area contributed by atoms with E-state index < -0.39 is 0 Å². The fourth-order valence-corrected chi connectivity index (χ4v) is 1.67. The number of hydrogen-bond acceptors (Lipinski definition) is 2. The molecule has 0 radical (unpaired) electrons. The Morgan fingerprint density at radius 2 is 2.06 bits per heavy atom. The summed E-state index contributed by atoms with van der Waals surface area (Å²) in [6, 6.07) is 7.78. The third-order valence-corrected chi connectivity index (χ3v) is 2.75. The van der Waals surface area contributed by atoms with E-state index in [1.807, 2.05) is 24.3 Å². The second-order valence-corrected chi connectivity index (χ2v) is 4.47. The minimum Gasteiger partial charge on any atom is -0.263 e. The summed E-state index contributed by atoms with van der Waals surface area (Å²) in [6.45, 7) is 4.14. The zero-order valence-electron chi connectivity index (χ0n) is 9.37. The van der Waals surface area contributed by atoms with E-state index in [0.29, 0.717) is 12.3 Å². The van der Waals surface area contributed by atoms with Crippen LogP contribution < -0.4 is 0 Å². The number of aromatic amines is 1. The minimum absolute atomic E-state index is 0.344. The molecule has 84 valence electrons. The molecule has 3 nitrogen and oxygen atoms in total.